The molecule has 0 aliphatic heterocycles. The predicted octanol–water partition coefficient (Wildman–Crippen LogP) is 7.49. The molecule has 3 aromatic rings. The summed E-state index contributed by atoms with van der Waals surface area (Å²) < 4.78 is 163. The van der Waals surface area contributed by atoms with E-state index in [1.54, 1.807) is 0 Å². The van der Waals surface area contributed by atoms with E-state index in [-0.39, 0.29) is 36.4 Å². The SMILES string of the molecule is N#CC(C#N)=c1cc(-c2cc(C(F)(F)F)cc(C(F)(F)F)c2)c(=C(C#N)C#N)cc1-c1cc(C(F)(F)F)cc(C(F)(F)F)c1. The van der Waals surface area contributed by atoms with Crippen LogP contribution in [0.15, 0.2) is 48.5 Å². The van der Waals surface area contributed by atoms with Crippen molar-refractivity contribution in [3.05, 3.63) is 81.2 Å². The number of hydrogen-bond acceptors (Lipinski definition) is 4. The third-order valence-electron chi connectivity index (χ3n) is 5.94. The highest BCUT2D eigenvalue weighted by molar-refractivity contribution is 5.85. The molecule has 0 amide bonds. The number of hydrogen-bond donors (Lipinski definition) is 0. The Kier molecular flexibility index (Phi) is 8.49. The smallest absolute Gasteiger partial charge is 0.192 e. The van der Waals surface area contributed by atoms with Crippen LogP contribution in [0.5, 0.6) is 0 Å². The maximum absolute atomic E-state index is 13.6. The number of rotatable bonds is 2. The third-order valence-corrected chi connectivity index (χ3v) is 5.94. The Balaban J connectivity index is 2.71. The highest BCUT2D eigenvalue weighted by atomic mass is 19.4. The third kappa shape index (κ3) is 6.77. The summed E-state index contributed by atoms with van der Waals surface area (Å²) in [5.41, 5.74) is -13.0. The van der Waals surface area contributed by atoms with Crippen LogP contribution in [0.4, 0.5) is 52.7 Å². The van der Waals surface area contributed by atoms with Gasteiger partial charge in [0, 0.05) is 10.4 Å². The molecule has 3 aromatic carbocycles. The Hall–Kier alpha value is -5.48. The van der Waals surface area contributed by atoms with Crippen LogP contribution in [0, 0.1) is 45.3 Å². The highest BCUT2D eigenvalue weighted by Crippen LogP contribution is 2.40. The Morgan fingerprint density at radius 3 is 0.795 bits per heavy atom. The quantitative estimate of drug-likeness (QED) is 0.275. The molecule has 0 aliphatic rings. The van der Waals surface area contributed by atoms with Crippen LogP contribution < -0.4 is 10.4 Å². The van der Waals surface area contributed by atoms with E-state index in [1.165, 1.54) is 24.3 Å². The molecule has 4 nitrogen and oxygen atoms in total. The van der Waals surface area contributed by atoms with Gasteiger partial charge in [0.1, 0.15) is 35.4 Å². The fraction of sp³-hybridized carbons (Fsp3) is 0.143. The topological polar surface area (TPSA) is 95.2 Å². The minimum absolute atomic E-state index is 0.175. The van der Waals surface area contributed by atoms with Crippen LogP contribution in [0.3, 0.4) is 0 Å². The molecule has 3 rings (SSSR count). The molecule has 0 heterocycles. The molecule has 0 aliphatic carbocycles. The largest absolute Gasteiger partial charge is 0.416 e. The van der Waals surface area contributed by atoms with Crippen LogP contribution in [-0.4, -0.2) is 0 Å². The summed E-state index contributed by atoms with van der Waals surface area (Å²) in [6, 6.07) is 6.50. The first-order chi connectivity index (χ1) is 20.1. The molecule has 0 aromatic heterocycles. The second-order valence-electron chi connectivity index (χ2n) is 8.73. The number of alkyl halides is 12. The molecule has 0 bridgehead atoms. The predicted molar refractivity (Wildman–Crippen MR) is 126 cm³/mol. The van der Waals surface area contributed by atoms with Crippen molar-refractivity contribution < 1.29 is 52.7 Å². The molecule has 16 heteroatoms. The van der Waals surface area contributed by atoms with Crippen molar-refractivity contribution in [2.24, 2.45) is 0 Å². The van der Waals surface area contributed by atoms with Gasteiger partial charge in [0.2, 0.25) is 0 Å². The van der Waals surface area contributed by atoms with E-state index in [9.17, 15) is 73.7 Å². The van der Waals surface area contributed by atoms with Gasteiger partial charge >= 0.3 is 24.7 Å². The van der Waals surface area contributed by atoms with Crippen molar-refractivity contribution in [2.75, 3.05) is 0 Å². The lowest BCUT2D eigenvalue weighted by molar-refractivity contribution is -0.144. The second-order valence-corrected chi connectivity index (χ2v) is 8.73. The van der Waals surface area contributed by atoms with Crippen molar-refractivity contribution in [1.82, 2.24) is 0 Å². The van der Waals surface area contributed by atoms with E-state index < -0.39 is 90.8 Å². The highest BCUT2D eigenvalue weighted by Gasteiger charge is 2.38. The molecule has 0 saturated carbocycles. The average molecular weight is 628 g/mol. The fourth-order valence-corrected chi connectivity index (χ4v) is 4.00. The van der Waals surface area contributed by atoms with Crippen LogP contribution >= 0.6 is 0 Å². The summed E-state index contributed by atoms with van der Waals surface area (Å²) in [4.78, 5) is 0. The van der Waals surface area contributed by atoms with Gasteiger partial charge < -0.3 is 0 Å². The minimum Gasteiger partial charge on any atom is -0.192 e. The fourth-order valence-electron chi connectivity index (χ4n) is 4.00. The second kappa shape index (κ2) is 11.3. The van der Waals surface area contributed by atoms with E-state index in [0.717, 1.165) is 0 Å². The van der Waals surface area contributed by atoms with E-state index in [1.807, 2.05) is 0 Å². The first-order valence-electron chi connectivity index (χ1n) is 11.3. The van der Waals surface area contributed by atoms with Gasteiger partial charge in [0.15, 0.2) is 0 Å². The van der Waals surface area contributed by atoms with Gasteiger partial charge in [-0.05, 0) is 70.8 Å². The molecule has 0 atom stereocenters. The maximum atomic E-state index is 13.6. The summed E-state index contributed by atoms with van der Waals surface area (Å²) in [7, 11) is 0. The summed E-state index contributed by atoms with van der Waals surface area (Å²) in [5.74, 6) is 0. The molecule has 0 unspecified atom stereocenters. The van der Waals surface area contributed by atoms with Crippen molar-refractivity contribution in [1.29, 1.82) is 21.0 Å². The van der Waals surface area contributed by atoms with Gasteiger partial charge in [-0.3, -0.25) is 0 Å². The number of benzene rings is 3. The van der Waals surface area contributed by atoms with E-state index in [0.29, 0.717) is 12.1 Å². The molecule has 224 valence electrons. The summed E-state index contributed by atoms with van der Waals surface area (Å²) >= 11 is 0. The van der Waals surface area contributed by atoms with E-state index >= 15 is 0 Å². The van der Waals surface area contributed by atoms with E-state index in [2.05, 4.69) is 0 Å². The van der Waals surface area contributed by atoms with Gasteiger partial charge in [-0.25, -0.2) is 0 Å². The number of halogens is 12. The molecular formula is C28H8F12N4. The normalized spacial score (nSPS) is 12.0. The van der Waals surface area contributed by atoms with Gasteiger partial charge in [-0.1, -0.05) is 0 Å². The van der Waals surface area contributed by atoms with Gasteiger partial charge in [0.25, 0.3) is 0 Å². The van der Waals surface area contributed by atoms with Crippen LogP contribution in [0.25, 0.3) is 33.4 Å². The lowest BCUT2D eigenvalue weighted by atomic mass is 9.90. The van der Waals surface area contributed by atoms with Crippen molar-refractivity contribution in [2.45, 2.75) is 24.7 Å². The first-order valence-corrected chi connectivity index (χ1v) is 11.3. The number of nitriles is 4. The van der Waals surface area contributed by atoms with Crippen molar-refractivity contribution in [3.8, 4) is 46.5 Å². The van der Waals surface area contributed by atoms with Crippen LogP contribution in [0.2, 0.25) is 0 Å². The summed E-state index contributed by atoms with van der Waals surface area (Å²) in [6.45, 7) is 0. The standard InChI is InChI=1S/C28H8F12N4/c29-25(30,31)17-1-13(2-18(5-17)26(32,33)34)21-7-24(16(11-43)12-44)22(8-23(21)15(9-41)10-42)14-3-19(27(35,36)37)6-20(4-14)28(38,39)40/h1-8H. The molecule has 0 radical (unpaired) electrons. The zero-order chi connectivity index (χ0) is 33.4. The Bertz CT molecular complexity index is 1710. The molecule has 0 fully saturated rings. The molecule has 0 N–H and O–H groups in total. The van der Waals surface area contributed by atoms with Crippen LogP contribution in [0.1, 0.15) is 22.3 Å². The van der Waals surface area contributed by atoms with Gasteiger partial charge in [0.05, 0.1) is 22.3 Å². The molecule has 0 saturated heterocycles. The minimum atomic E-state index is -5.38. The Labute approximate surface area is 237 Å². The van der Waals surface area contributed by atoms with Crippen LogP contribution in [-0.2, 0) is 24.7 Å². The Morgan fingerprint density at radius 1 is 0.386 bits per heavy atom. The molecule has 0 spiro atoms. The monoisotopic (exact) mass is 628 g/mol. The molecular weight excluding hydrogens is 620 g/mol. The zero-order valence-corrected chi connectivity index (χ0v) is 20.9. The summed E-state index contributed by atoms with van der Waals surface area (Å²) in [5, 5.41) is 36.3. The first kappa shape index (κ1) is 33.0. The lowest BCUT2D eigenvalue weighted by Crippen LogP contribution is -2.21. The van der Waals surface area contributed by atoms with Gasteiger partial charge in [-0.15, -0.1) is 0 Å². The van der Waals surface area contributed by atoms with Crippen molar-refractivity contribution >= 4 is 11.1 Å². The zero-order valence-electron chi connectivity index (χ0n) is 20.9. The van der Waals surface area contributed by atoms with E-state index in [4.69, 9.17) is 0 Å². The summed E-state index contributed by atoms with van der Waals surface area (Å²) in [6.07, 6.45) is -21.5. The maximum Gasteiger partial charge on any atom is 0.416 e. The van der Waals surface area contributed by atoms with Gasteiger partial charge in [-0.2, -0.15) is 73.7 Å². The average Bonchev–Trinajstić information content (AvgIpc) is 2.92. The molecule has 44 heavy (non-hydrogen) atoms. The lowest BCUT2D eigenvalue weighted by Gasteiger charge is -2.17. The van der Waals surface area contributed by atoms with Crippen molar-refractivity contribution in [3.63, 3.8) is 0 Å². The Morgan fingerprint density at radius 2 is 0.614 bits per heavy atom. The number of nitrogens with zero attached hydrogens (tertiary/aromatic N) is 4.